The van der Waals surface area contributed by atoms with Crippen LogP contribution in [0.2, 0.25) is 0 Å². The van der Waals surface area contributed by atoms with Gasteiger partial charge in [-0.05, 0) is 32.7 Å². The van der Waals surface area contributed by atoms with Crippen LogP contribution in [0.15, 0.2) is 12.2 Å². The molecular formula is C12H21NO3. The topological polar surface area (TPSA) is 49.8 Å². The molecule has 0 saturated carbocycles. The molecule has 0 radical (unpaired) electrons. The van der Waals surface area contributed by atoms with Crippen molar-refractivity contribution in [1.82, 2.24) is 4.90 Å². The first-order valence-electron chi connectivity index (χ1n) is 5.80. The molecule has 1 aliphatic rings. The maximum Gasteiger partial charge on any atom is 0.334 e. The Bertz CT molecular complexity index is 263. The van der Waals surface area contributed by atoms with Gasteiger partial charge in [-0.25, -0.2) is 4.79 Å². The Morgan fingerprint density at radius 2 is 2.38 bits per heavy atom. The lowest BCUT2D eigenvalue weighted by molar-refractivity contribution is -0.138. The van der Waals surface area contributed by atoms with E-state index in [2.05, 4.69) is 11.5 Å². The van der Waals surface area contributed by atoms with E-state index in [9.17, 15) is 9.90 Å². The van der Waals surface area contributed by atoms with Gasteiger partial charge >= 0.3 is 5.97 Å². The molecule has 0 bridgehead atoms. The summed E-state index contributed by atoms with van der Waals surface area (Å²) >= 11 is 0. The van der Waals surface area contributed by atoms with E-state index in [1.807, 2.05) is 6.92 Å². The Hall–Kier alpha value is -0.870. The van der Waals surface area contributed by atoms with E-state index in [1.165, 1.54) is 0 Å². The third kappa shape index (κ3) is 3.61. The quantitative estimate of drug-likeness (QED) is 0.558. The summed E-state index contributed by atoms with van der Waals surface area (Å²) in [4.78, 5) is 13.5. The van der Waals surface area contributed by atoms with Gasteiger partial charge in [-0.2, -0.15) is 0 Å². The Morgan fingerprint density at radius 3 is 2.88 bits per heavy atom. The number of ether oxygens (including phenoxy) is 1. The molecule has 2 atom stereocenters. The molecule has 1 fully saturated rings. The fourth-order valence-corrected chi connectivity index (χ4v) is 1.97. The predicted molar refractivity (Wildman–Crippen MR) is 62.0 cm³/mol. The average Bonchev–Trinajstić information content (AvgIpc) is 2.66. The molecule has 0 aliphatic carbocycles. The summed E-state index contributed by atoms with van der Waals surface area (Å²) < 4.78 is 4.87. The van der Waals surface area contributed by atoms with Crippen molar-refractivity contribution in [3.8, 4) is 0 Å². The van der Waals surface area contributed by atoms with Gasteiger partial charge in [-0.3, -0.25) is 4.90 Å². The monoisotopic (exact) mass is 227 g/mol. The zero-order chi connectivity index (χ0) is 12.1. The SMILES string of the molecule is C=C(CN1CCC(C(C)O)C1)C(=O)OCC. The number of hydrogen-bond acceptors (Lipinski definition) is 4. The minimum Gasteiger partial charge on any atom is -0.463 e. The number of carbonyl (C=O) groups is 1. The van der Waals surface area contributed by atoms with E-state index in [-0.39, 0.29) is 12.1 Å². The highest BCUT2D eigenvalue weighted by Gasteiger charge is 2.26. The fraction of sp³-hybridized carbons (Fsp3) is 0.750. The lowest BCUT2D eigenvalue weighted by Crippen LogP contribution is -2.28. The zero-order valence-electron chi connectivity index (χ0n) is 10.1. The molecule has 92 valence electrons. The molecule has 1 aliphatic heterocycles. The van der Waals surface area contributed by atoms with Crippen LogP contribution < -0.4 is 0 Å². The van der Waals surface area contributed by atoms with E-state index >= 15 is 0 Å². The van der Waals surface area contributed by atoms with Crippen molar-refractivity contribution in [3.63, 3.8) is 0 Å². The van der Waals surface area contributed by atoms with Crippen molar-refractivity contribution < 1.29 is 14.6 Å². The highest BCUT2D eigenvalue weighted by Crippen LogP contribution is 2.20. The Morgan fingerprint density at radius 1 is 1.69 bits per heavy atom. The molecule has 1 saturated heterocycles. The van der Waals surface area contributed by atoms with Gasteiger partial charge in [0.05, 0.1) is 12.7 Å². The third-order valence-corrected chi connectivity index (χ3v) is 2.97. The van der Waals surface area contributed by atoms with Crippen molar-refractivity contribution in [2.45, 2.75) is 26.4 Å². The average molecular weight is 227 g/mol. The maximum absolute atomic E-state index is 11.3. The van der Waals surface area contributed by atoms with Crippen molar-refractivity contribution in [1.29, 1.82) is 0 Å². The van der Waals surface area contributed by atoms with Crippen molar-refractivity contribution in [3.05, 3.63) is 12.2 Å². The Balaban J connectivity index is 2.34. The van der Waals surface area contributed by atoms with Crippen LogP contribution in [0.5, 0.6) is 0 Å². The summed E-state index contributed by atoms with van der Waals surface area (Å²) in [5, 5.41) is 9.46. The molecule has 16 heavy (non-hydrogen) atoms. The van der Waals surface area contributed by atoms with Gasteiger partial charge in [-0.15, -0.1) is 0 Å². The molecule has 2 unspecified atom stereocenters. The second kappa shape index (κ2) is 6.01. The number of nitrogens with zero attached hydrogens (tertiary/aromatic N) is 1. The molecule has 0 aromatic rings. The van der Waals surface area contributed by atoms with Gasteiger partial charge in [0.25, 0.3) is 0 Å². The van der Waals surface area contributed by atoms with Crippen molar-refractivity contribution in [2.75, 3.05) is 26.2 Å². The lowest BCUT2D eigenvalue weighted by Gasteiger charge is -2.17. The van der Waals surface area contributed by atoms with Crippen LogP contribution in [0.25, 0.3) is 0 Å². The molecule has 4 nitrogen and oxygen atoms in total. The van der Waals surface area contributed by atoms with Crippen LogP contribution in [0.1, 0.15) is 20.3 Å². The smallest absolute Gasteiger partial charge is 0.334 e. The molecule has 1 rings (SSSR count). The van der Waals surface area contributed by atoms with Gasteiger partial charge in [0.15, 0.2) is 0 Å². The highest BCUT2D eigenvalue weighted by molar-refractivity contribution is 5.88. The van der Waals surface area contributed by atoms with Crippen molar-refractivity contribution >= 4 is 5.97 Å². The molecule has 1 N–H and O–H groups in total. The van der Waals surface area contributed by atoms with Crippen LogP contribution in [0.3, 0.4) is 0 Å². The van der Waals surface area contributed by atoms with Crippen LogP contribution in [-0.2, 0) is 9.53 Å². The summed E-state index contributed by atoms with van der Waals surface area (Å²) in [6.45, 7) is 9.99. The van der Waals surface area contributed by atoms with E-state index < -0.39 is 0 Å². The summed E-state index contributed by atoms with van der Waals surface area (Å²) in [7, 11) is 0. The number of aliphatic hydroxyl groups excluding tert-OH is 1. The van der Waals surface area contributed by atoms with Gasteiger partial charge in [-0.1, -0.05) is 6.58 Å². The summed E-state index contributed by atoms with van der Waals surface area (Å²) in [5.74, 6) is -0.00186. The summed E-state index contributed by atoms with van der Waals surface area (Å²) in [5.41, 5.74) is 0.494. The van der Waals surface area contributed by atoms with Crippen molar-refractivity contribution in [2.24, 2.45) is 5.92 Å². The van der Waals surface area contributed by atoms with E-state index in [0.717, 1.165) is 19.5 Å². The van der Waals surface area contributed by atoms with E-state index in [0.29, 0.717) is 24.6 Å². The molecule has 0 aromatic heterocycles. The number of hydrogen-bond donors (Lipinski definition) is 1. The van der Waals surface area contributed by atoms with Gasteiger partial charge < -0.3 is 9.84 Å². The highest BCUT2D eigenvalue weighted by atomic mass is 16.5. The summed E-state index contributed by atoms with van der Waals surface area (Å²) in [6, 6.07) is 0. The maximum atomic E-state index is 11.3. The molecule has 1 heterocycles. The number of rotatable bonds is 5. The molecular weight excluding hydrogens is 206 g/mol. The minimum atomic E-state index is -0.317. The van der Waals surface area contributed by atoms with Crippen LogP contribution >= 0.6 is 0 Å². The standard InChI is InChI=1S/C12H21NO3/c1-4-16-12(15)9(2)7-13-6-5-11(8-13)10(3)14/h10-11,14H,2,4-8H2,1,3H3. The van der Waals surface area contributed by atoms with Gasteiger partial charge in [0.1, 0.15) is 0 Å². The second-order valence-corrected chi connectivity index (χ2v) is 4.35. The molecule has 0 aromatic carbocycles. The third-order valence-electron chi connectivity index (χ3n) is 2.97. The molecule has 4 heteroatoms. The molecule has 0 amide bonds. The number of esters is 1. The van der Waals surface area contributed by atoms with Crippen LogP contribution in [0, 0.1) is 5.92 Å². The normalized spacial score (nSPS) is 23.1. The number of carbonyl (C=O) groups excluding carboxylic acids is 1. The first kappa shape index (κ1) is 13.2. The second-order valence-electron chi connectivity index (χ2n) is 4.35. The Kier molecular flexibility index (Phi) is 4.96. The number of likely N-dealkylation sites (tertiary alicyclic amines) is 1. The fourth-order valence-electron chi connectivity index (χ4n) is 1.97. The lowest BCUT2D eigenvalue weighted by atomic mass is 10.0. The first-order chi connectivity index (χ1) is 7.54. The predicted octanol–water partition coefficient (Wildman–Crippen LogP) is 0.808. The molecule has 0 spiro atoms. The zero-order valence-corrected chi connectivity index (χ0v) is 10.1. The van der Waals surface area contributed by atoms with E-state index in [1.54, 1.807) is 6.92 Å². The Labute approximate surface area is 96.9 Å². The largest absolute Gasteiger partial charge is 0.463 e. The van der Waals surface area contributed by atoms with Crippen LogP contribution in [0.4, 0.5) is 0 Å². The van der Waals surface area contributed by atoms with Gasteiger partial charge in [0.2, 0.25) is 0 Å². The first-order valence-corrected chi connectivity index (χ1v) is 5.80. The van der Waals surface area contributed by atoms with E-state index in [4.69, 9.17) is 4.74 Å². The van der Waals surface area contributed by atoms with Crippen LogP contribution in [-0.4, -0.2) is 48.3 Å². The number of aliphatic hydroxyl groups is 1. The summed E-state index contributed by atoms with van der Waals surface area (Å²) in [6.07, 6.45) is 0.703. The van der Waals surface area contributed by atoms with Gasteiger partial charge in [0, 0.05) is 18.7 Å². The minimum absolute atomic E-state index is 0.277.